The molecule has 1 amide bonds. The molecule has 3 heterocycles. The quantitative estimate of drug-likeness (QED) is 0.653. The highest BCUT2D eigenvalue weighted by Gasteiger charge is 2.25. The summed E-state index contributed by atoms with van der Waals surface area (Å²) in [6.45, 7) is 3.35. The average molecular weight is 434 g/mol. The maximum atomic E-state index is 13.0. The second-order valence-electron chi connectivity index (χ2n) is 7.34. The number of ether oxygens (including phenoxy) is 1. The molecule has 160 valence electrons. The molecule has 10 heteroatoms. The Morgan fingerprint density at radius 2 is 1.87 bits per heavy atom. The van der Waals surface area contributed by atoms with Gasteiger partial charge in [-0.25, -0.2) is 22.8 Å². The zero-order valence-corrected chi connectivity index (χ0v) is 17.3. The van der Waals surface area contributed by atoms with Gasteiger partial charge in [-0.05, 0) is 24.3 Å². The number of fused-ring (bicyclic) bond motifs is 1. The first-order chi connectivity index (χ1) is 14.4. The Labute approximate surface area is 174 Å². The molecule has 0 saturated carbocycles. The second-order valence-corrected chi connectivity index (χ2v) is 9.44. The molecule has 2 aliphatic rings. The fraction of sp³-hybridized carbons (Fsp3) is 0.450. The lowest BCUT2D eigenvalue weighted by Gasteiger charge is -2.35. The van der Waals surface area contributed by atoms with Gasteiger partial charge in [0.2, 0.25) is 11.9 Å². The number of halogens is 1. The fourth-order valence-corrected chi connectivity index (χ4v) is 4.80. The van der Waals surface area contributed by atoms with E-state index < -0.39 is 15.7 Å². The summed E-state index contributed by atoms with van der Waals surface area (Å²) in [7, 11) is -3.63. The third kappa shape index (κ3) is 4.59. The number of aromatic nitrogens is 2. The fourth-order valence-electron chi connectivity index (χ4n) is 3.57. The number of rotatable bonds is 5. The third-order valence-electron chi connectivity index (χ3n) is 5.35. The van der Waals surface area contributed by atoms with Gasteiger partial charge in [0, 0.05) is 50.8 Å². The van der Waals surface area contributed by atoms with Crippen molar-refractivity contribution in [1.29, 1.82) is 0 Å². The van der Waals surface area contributed by atoms with Crippen LogP contribution < -0.4 is 4.90 Å². The first-order valence-electron chi connectivity index (χ1n) is 9.86. The van der Waals surface area contributed by atoms with E-state index >= 15 is 0 Å². The molecule has 0 unspecified atom stereocenters. The van der Waals surface area contributed by atoms with E-state index in [4.69, 9.17) is 4.74 Å². The highest BCUT2D eigenvalue weighted by molar-refractivity contribution is 7.91. The number of carbonyl (C=O) groups is 1. The van der Waals surface area contributed by atoms with Crippen LogP contribution in [-0.4, -0.2) is 67.7 Å². The lowest BCUT2D eigenvalue weighted by molar-refractivity contribution is -0.131. The molecule has 8 nitrogen and oxygen atoms in total. The number of nitrogens with zero attached hydrogens (tertiary/aromatic N) is 4. The molecule has 1 fully saturated rings. The number of sulfone groups is 1. The molecule has 0 atom stereocenters. The van der Waals surface area contributed by atoms with Gasteiger partial charge < -0.3 is 14.5 Å². The van der Waals surface area contributed by atoms with E-state index in [0.717, 1.165) is 29.8 Å². The largest absolute Gasteiger partial charge is 0.376 e. The van der Waals surface area contributed by atoms with Gasteiger partial charge in [-0.3, -0.25) is 4.79 Å². The lowest BCUT2D eigenvalue weighted by atomic mass is 10.1. The minimum absolute atomic E-state index is 0.0245. The SMILES string of the molecule is O=C(CCS(=O)(=O)c1ccc(F)cc1)N1CCN(c2ncc3c(n2)CCOC3)CC1. The van der Waals surface area contributed by atoms with E-state index in [1.54, 1.807) is 11.1 Å². The van der Waals surface area contributed by atoms with Crippen molar-refractivity contribution in [2.24, 2.45) is 0 Å². The average Bonchev–Trinajstić information content (AvgIpc) is 2.77. The molecule has 2 aliphatic heterocycles. The lowest BCUT2D eigenvalue weighted by Crippen LogP contribution is -2.49. The van der Waals surface area contributed by atoms with Gasteiger partial charge in [-0.2, -0.15) is 0 Å². The molecule has 1 aromatic heterocycles. The molecular weight excluding hydrogens is 411 g/mol. The predicted octanol–water partition coefficient (Wildman–Crippen LogP) is 1.20. The van der Waals surface area contributed by atoms with Crippen LogP contribution in [0.4, 0.5) is 10.3 Å². The first kappa shape index (κ1) is 20.7. The minimum atomic E-state index is -3.63. The predicted molar refractivity (Wildman–Crippen MR) is 107 cm³/mol. The molecule has 0 spiro atoms. The van der Waals surface area contributed by atoms with Crippen LogP contribution in [0.1, 0.15) is 17.7 Å². The van der Waals surface area contributed by atoms with Gasteiger partial charge in [-0.1, -0.05) is 0 Å². The van der Waals surface area contributed by atoms with Crippen LogP contribution in [-0.2, 0) is 32.4 Å². The van der Waals surface area contributed by atoms with Crippen LogP contribution in [0.15, 0.2) is 35.4 Å². The van der Waals surface area contributed by atoms with Crippen molar-refractivity contribution in [3.05, 3.63) is 47.5 Å². The summed E-state index contributed by atoms with van der Waals surface area (Å²) in [5, 5.41) is 0. The van der Waals surface area contributed by atoms with Crippen molar-refractivity contribution in [3.8, 4) is 0 Å². The number of benzene rings is 1. The zero-order chi connectivity index (χ0) is 21.1. The second kappa shape index (κ2) is 8.65. The van der Waals surface area contributed by atoms with Crippen molar-refractivity contribution in [2.45, 2.75) is 24.3 Å². The van der Waals surface area contributed by atoms with Crippen LogP contribution in [0.5, 0.6) is 0 Å². The Morgan fingerprint density at radius 3 is 2.60 bits per heavy atom. The molecule has 1 aromatic carbocycles. The number of carbonyl (C=O) groups excluding carboxylic acids is 1. The van der Waals surface area contributed by atoms with E-state index in [1.807, 2.05) is 4.90 Å². The summed E-state index contributed by atoms with van der Waals surface area (Å²) in [6.07, 6.45) is 2.47. The van der Waals surface area contributed by atoms with Gasteiger partial charge in [-0.15, -0.1) is 0 Å². The van der Waals surface area contributed by atoms with Crippen LogP contribution in [0.25, 0.3) is 0 Å². The number of hydrogen-bond acceptors (Lipinski definition) is 7. The Bertz CT molecular complexity index is 1020. The summed E-state index contributed by atoms with van der Waals surface area (Å²) in [4.78, 5) is 25.3. The molecule has 30 heavy (non-hydrogen) atoms. The highest BCUT2D eigenvalue weighted by atomic mass is 32.2. The first-order valence-corrected chi connectivity index (χ1v) is 11.5. The van der Waals surface area contributed by atoms with Crippen molar-refractivity contribution in [2.75, 3.05) is 43.4 Å². The Balaban J connectivity index is 1.30. The van der Waals surface area contributed by atoms with Gasteiger partial charge in [0.15, 0.2) is 9.84 Å². The van der Waals surface area contributed by atoms with Crippen molar-refractivity contribution in [3.63, 3.8) is 0 Å². The highest BCUT2D eigenvalue weighted by Crippen LogP contribution is 2.19. The number of hydrogen-bond donors (Lipinski definition) is 0. The Hall–Kier alpha value is -2.59. The van der Waals surface area contributed by atoms with Crippen molar-refractivity contribution in [1.82, 2.24) is 14.9 Å². The van der Waals surface area contributed by atoms with Crippen LogP contribution >= 0.6 is 0 Å². The molecule has 0 aliphatic carbocycles. The van der Waals surface area contributed by atoms with Gasteiger partial charge in [0.05, 0.1) is 29.6 Å². The summed E-state index contributed by atoms with van der Waals surface area (Å²) in [5.41, 5.74) is 2.02. The molecule has 4 rings (SSSR count). The standard InChI is InChI=1S/C20H23FN4O4S/c21-16-1-3-17(4-2-16)30(27,28)12-6-19(26)24-7-9-25(10-8-24)20-22-13-15-14-29-11-5-18(15)23-20/h1-4,13H,5-12,14H2. The summed E-state index contributed by atoms with van der Waals surface area (Å²) in [5.74, 6) is -0.349. The normalized spacial score (nSPS) is 17.0. The molecule has 0 radical (unpaired) electrons. The maximum Gasteiger partial charge on any atom is 0.225 e. The summed E-state index contributed by atoms with van der Waals surface area (Å²) in [6, 6.07) is 4.64. The molecule has 0 bridgehead atoms. The monoisotopic (exact) mass is 434 g/mol. The zero-order valence-electron chi connectivity index (χ0n) is 16.5. The van der Waals surface area contributed by atoms with Crippen LogP contribution in [0, 0.1) is 5.82 Å². The van der Waals surface area contributed by atoms with E-state index in [0.29, 0.717) is 45.3 Å². The van der Waals surface area contributed by atoms with E-state index in [1.165, 1.54) is 12.1 Å². The third-order valence-corrected chi connectivity index (χ3v) is 7.09. The van der Waals surface area contributed by atoms with E-state index in [-0.39, 0.29) is 23.0 Å². The Kier molecular flexibility index (Phi) is 5.96. The van der Waals surface area contributed by atoms with E-state index in [2.05, 4.69) is 9.97 Å². The molecule has 0 N–H and O–H groups in total. The van der Waals surface area contributed by atoms with Crippen LogP contribution in [0.2, 0.25) is 0 Å². The number of anilines is 1. The van der Waals surface area contributed by atoms with Gasteiger partial charge >= 0.3 is 0 Å². The van der Waals surface area contributed by atoms with Gasteiger partial charge in [0.1, 0.15) is 5.82 Å². The van der Waals surface area contributed by atoms with Gasteiger partial charge in [0.25, 0.3) is 0 Å². The summed E-state index contributed by atoms with van der Waals surface area (Å²) < 4.78 is 43.1. The minimum Gasteiger partial charge on any atom is -0.376 e. The molecular formula is C20H23FN4O4S. The topological polar surface area (TPSA) is 92.7 Å². The smallest absolute Gasteiger partial charge is 0.225 e. The molecule has 1 saturated heterocycles. The van der Waals surface area contributed by atoms with E-state index in [9.17, 15) is 17.6 Å². The maximum absolute atomic E-state index is 13.0. The Morgan fingerprint density at radius 1 is 1.13 bits per heavy atom. The van der Waals surface area contributed by atoms with Crippen molar-refractivity contribution < 1.29 is 22.3 Å². The van der Waals surface area contributed by atoms with Crippen molar-refractivity contribution >= 4 is 21.7 Å². The number of piperazine rings is 1. The number of amides is 1. The molecule has 2 aromatic rings. The summed E-state index contributed by atoms with van der Waals surface area (Å²) >= 11 is 0. The van der Waals surface area contributed by atoms with Crippen LogP contribution in [0.3, 0.4) is 0 Å².